The second-order valence-electron chi connectivity index (χ2n) is 5.95. The number of hydrazine groups is 1. The van der Waals surface area contributed by atoms with E-state index in [2.05, 4.69) is 10.9 Å². The molecule has 2 N–H and O–H groups in total. The van der Waals surface area contributed by atoms with E-state index in [0.29, 0.717) is 11.3 Å². The summed E-state index contributed by atoms with van der Waals surface area (Å²) in [6.07, 6.45) is 0. The molecular formula is C19H23N3O3. The van der Waals surface area contributed by atoms with E-state index < -0.39 is 5.91 Å². The number of hydrogen-bond acceptors (Lipinski definition) is 4. The van der Waals surface area contributed by atoms with Crippen LogP contribution < -0.4 is 20.5 Å². The van der Waals surface area contributed by atoms with Crippen LogP contribution in [0.25, 0.3) is 0 Å². The fraction of sp³-hybridized carbons (Fsp3) is 0.263. The summed E-state index contributed by atoms with van der Waals surface area (Å²) in [6.45, 7) is 3.66. The van der Waals surface area contributed by atoms with Crippen LogP contribution in [0.1, 0.15) is 21.5 Å². The summed E-state index contributed by atoms with van der Waals surface area (Å²) >= 11 is 0. The topological polar surface area (TPSA) is 70.7 Å². The van der Waals surface area contributed by atoms with Gasteiger partial charge in [-0.15, -0.1) is 0 Å². The fourth-order valence-electron chi connectivity index (χ4n) is 2.31. The third-order valence-electron chi connectivity index (χ3n) is 3.72. The highest BCUT2D eigenvalue weighted by Crippen LogP contribution is 2.21. The molecule has 0 aromatic heterocycles. The Morgan fingerprint density at radius 2 is 1.56 bits per heavy atom. The number of amides is 2. The van der Waals surface area contributed by atoms with Crippen molar-refractivity contribution in [2.24, 2.45) is 0 Å². The molecule has 0 saturated carbocycles. The maximum absolute atomic E-state index is 12.0. The predicted octanol–water partition coefficient (Wildman–Crippen LogP) is 2.21. The van der Waals surface area contributed by atoms with Crippen molar-refractivity contribution in [3.63, 3.8) is 0 Å². The highest BCUT2D eigenvalue weighted by atomic mass is 16.5. The normalized spacial score (nSPS) is 10.1. The standard InChI is InChI=1S/C19H23N3O3/c1-13-6-5-7-14(2)18(13)25-12-17(23)20-21-19(24)15-8-10-16(11-9-15)22(3)4/h5-11H,12H2,1-4H3,(H,20,23)(H,21,24). The summed E-state index contributed by atoms with van der Waals surface area (Å²) in [5.41, 5.74) is 8.10. The van der Waals surface area contributed by atoms with Crippen molar-refractivity contribution < 1.29 is 14.3 Å². The number of aryl methyl sites for hydroxylation is 2. The summed E-state index contributed by atoms with van der Waals surface area (Å²) in [5, 5.41) is 0. The zero-order valence-corrected chi connectivity index (χ0v) is 14.9. The van der Waals surface area contributed by atoms with Crippen LogP contribution in [-0.2, 0) is 4.79 Å². The summed E-state index contributed by atoms with van der Waals surface area (Å²) in [4.78, 5) is 25.8. The predicted molar refractivity (Wildman–Crippen MR) is 97.8 cm³/mol. The molecule has 0 saturated heterocycles. The molecule has 0 fully saturated rings. The Balaban J connectivity index is 1.84. The van der Waals surface area contributed by atoms with Gasteiger partial charge in [-0.2, -0.15) is 0 Å². The summed E-state index contributed by atoms with van der Waals surface area (Å²) in [7, 11) is 3.84. The van der Waals surface area contributed by atoms with Gasteiger partial charge in [0.25, 0.3) is 11.8 Å². The lowest BCUT2D eigenvalue weighted by Gasteiger charge is -2.13. The van der Waals surface area contributed by atoms with Crippen molar-refractivity contribution in [2.75, 3.05) is 25.6 Å². The maximum atomic E-state index is 12.0. The van der Waals surface area contributed by atoms with Gasteiger partial charge < -0.3 is 9.64 Å². The third kappa shape index (κ3) is 4.97. The largest absolute Gasteiger partial charge is 0.483 e. The zero-order chi connectivity index (χ0) is 18.4. The van der Waals surface area contributed by atoms with E-state index in [1.165, 1.54) is 0 Å². The number of nitrogens with zero attached hydrogens (tertiary/aromatic N) is 1. The third-order valence-corrected chi connectivity index (χ3v) is 3.72. The van der Waals surface area contributed by atoms with Crippen LogP contribution in [0.2, 0.25) is 0 Å². The number of nitrogens with one attached hydrogen (secondary N) is 2. The second kappa shape index (κ2) is 8.19. The van der Waals surface area contributed by atoms with Crippen LogP contribution in [0.5, 0.6) is 5.75 Å². The molecule has 0 aliphatic rings. The lowest BCUT2D eigenvalue weighted by Crippen LogP contribution is -2.43. The van der Waals surface area contributed by atoms with Crippen molar-refractivity contribution in [2.45, 2.75) is 13.8 Å². The molecule has 132 valence electrons. The van der Waals surface area contributed by atoms with Gasteiger partial charge in [-0.1, -0.05) is 18.2 Å². The molecule has 0 radical (unpaired) electrons. The molecule has 25 heavy (non-hydrogen) atoms. The molecule has 0 atom stereocenters. The fourth-order valence-corrected chi connectivity index (χ4v) is 2.31. The number of hydrogen-bond donors (Lipinski definition) is 2. The Hall–Kier alpha value is -3.02. The minimum absolute atomic E-state index is 0.175. The first kappa shape index (κ1) is 18.3. The van der Waals surface area contributed by atoms with Gasteiger partial charge in [0.2, 0.25) is 0 Å². The van der Waals surface area contributed by atoms with E-state index in [0.717, 1.165) is 16.8 Å². The summed E-state index contributed by atoms with van der Waals surface area (Å²) in [5.74, 6) is -0.130. The van der Waals surface area contributed by atoms with Crippen LogP contribution >= 0.6 is 0 Å². The number of rotatable bonds is 5. The second-order valence-corrected chi connectivity index (χ2v) is 5.95. The lowest BCUT2D eigenvalue weighted by molar-refractivity contribution is -0.123. The SMILES string of the molecule is Cc1cccc(C)c1OCC(=O)NNC(=O)c1ccc(N(C)C)cc1. The smallest absolute Gasteiger partial charge is 0.276 e. The molecule has 2 amide bonds. The van der Waals surface area contributed by atoms with Gasteiger partial charge in [0, 0.05) is 25.3 Å². The average Bonchev–Trinajstić information content (AvgIpc) is 2.59. The van der Waals surface area contributed by atoms with E-state index >= 15 is 0 Å². The number of para-hydroxylation sites is 1. The highest BCUT2D eigenvalue weighted by Gasteiger charge is 2.10. The van der Waals surface area contributed by atoms with Crippen LogP contribution in [0.15, 0.2) is 42.5 Å². The molecule has 2 rings (SSSR count). The molecule has 0 aliphatic heterocycles. The van der Waals surface area contributed by atoms with Gasteiger partial charge in [0.05, 0.1) is 0 Å². The van der Waals surface area contributed by atoms with E-state index in [1.807, 2.05) is 63.2 Å². The number of carbonyl (C=O) groups excluding carboxylic acids is 2. The van der Waals surface area contributed by atoms with Crippen LogP contribution in [-0.4, -0.2) is 32.5 Å². The number of carbonyl (C=O) groups is 2. The van der Waals surface area contributed by atoms with Crippen molar-refractivity contribution in [3.8, 4) is 5.75 Å². The van der Waals surface area contributed by atoms with Gasteiger partial charge in [-0.25, -0.2) is 0 Å². The molecule has 6 nitrogen and oxygen atoms in total. The van der Waals surface area contributed by atoms with E-state index in [-0.39, 0.29) is 12.5 Å². The molecule has 0 spiro atoms. The number of anilines is 1. The summed E-state index contributed by atoms with van der Waals surface area (Å²) in [6, 6.07) is 12.8. The van der Waals surface area contributed by atoms with E-state index in [1.54, 1.807) is 12.1 Å². The molecule has 0 bridgehead atoms. The Morgan fingerprint density at radius 3 is 2.12 bits per heavy atom. The first-order chi connectivity index (χ1) is 11.9. The van der Waals surface area contributed by atoms with Crippen molar-refractivity contribution in [1.82, 2.24) is 10.9 Å². The monoisotopic (exact) mass is 341 g/mol. The Morgan fingerprint density at radius 1 is 0.960 bits per heavy atom. The number of ether oxygens (including phenoxy) is 1. The van der Waals surface area contributed by atoms with Crippen LogP contribution in [0.3, 0.4) is 0 Å². The van der Waals surface area contributed by atoms with E-state index in [4.69, 9.17) is 4.74 Å². The minimum Gasteiger partial charge on any atom is -0.483 e. The molecule has 0 aliphatic carbocycles. The van der Waals surface area contributed by atoms with Gasteiger partial charge in [0.15, 0.2) is 6.61 Å². The maximum Gasteiger partial charge on any atom is 0.276 e. The molecule has 6 heteroatoms. The molecule has 2 aromatic rings. The van der Waals surface area contributed by atoms with Gasteiger partial charge >= 0.3 is 0 Å². The van der Waals surface area contributed by atoms with Gasteiger partial charge in [-0.3, -0.25) is 20.4 Å². The number of benzene rings is 2. The highest BCUT2D eigenvalue weighted by molar-refractivity contribution is 5.95. The molecular weight excluding hydrogens is 318 g/mol. The van der Waals surface area contributed by atoms with Crippen LogP contribution in [0, 0.1) is 13.8 Å². The first-order valence-corrected chi connectivity index (χ1v) is 7.94. The Kier molecular flexibility index (Phi) is 6.00. The van der Waals surface area contributed by atoms with Crippen LogP contribution in [0.4, 0.5) is 5.69 Å². The first-order valence-electron chi connectivity index (χ1n) is 7.94. The lowest BCUT2D eigenvalue weighted by atomic mass is 10.1. The molecule has 0 heterocycles. The minimum atomic E-state index is -0.430. The van der Waals surface area contributed by atoms with Crippen molar-refractivity contribution in [1.29, 1.82) is 0 Å². The zero-order valence-electron chi connectivity index (χ0n) is 14.9. The average molecular weight is 341 g/mol. The summed E-state index contributed by atoms with van der Waals surface area (Å²) < 4.78 is 5.54. The van der Waals surface area contributed by atoms with Crippen molar-refractivity contribution in [3.05, 3.63) is 59.2 Å². The van der Waals surface area contributed by atoms with Gasteiger partial charge in [0.1, 0.15) is 5.75 Å². The van der Waals surface area contributed by atoms with Gasteiger partial charge in [-0.05, 0) is 49.2 Å². The Bertz CT molecular complexity index is 735. The molecule has 0 unspecified atom stereocenters. The Labute approximate surface area is 147 Å². The van der Waals surface area contributed by atoms with E-state index in [9.17, 15) is 9.59 Å². The van der Waals surface area contributed by atoms with Crippen molar-refractivity contribution >= 4 is 17.5 Å². The molecule has 2 aromatic carbocycles. The quantitative estimate of drug-likeness (QED) is 0.818.